The number of aliphatic hydroxyl groups is 1. The van der Waals surface area contributed by atoms with E-state index in [0.29, 0.717) is 18.4 Å². The molecule has 2 heterocycles. The van der Waals surface area contributed by atoms with Gasteiger partial charge in [-0.2, -0.15) is 0 Å². The molecular weight excluding hydrogens is 426 g/mol. The molecule has 6 heteroatoms. The first kappa shape index (κ1) is 23.0. The first-order valence-corrected chi connectivity index (χ1v) is 12.8. The summed E-state index contributed by atoms with van der Waals surface area (Å²) in [7, 11) is 1.88. The lowest BCUT2D eigenvalue weighted by Gasteiger charge is -2.27. The van der Waals surface area contributed by atoms with Gasteiger partial charge in [0.1, 0.15) is 5.75 Å². The number of nitrogens with one attached hydrogen (secondary N) is 1. The number of ether oxygens (including phenoxy) is 1. The molecule has 2 aromatic rings. The van der Waals surface area contributed by atoms with Crippen molar-refractivity contribution in [2.45, 2.75) is 83.0 Å². The molecule has 0 unspecified atom stereocenters. The van der Waals surface area contributed by atoms with E-state index in [2.05, 4.69) is 60.5 Å². The predicted molar refractivity (Wildman–Crippen MR) is 138 cm³/mol. The van der Waals surface area contributed by atoms with E-state index in [4.69, 9.17) is 4.74 Å². The maximum atomic E-state index is 12.7. The van der Waals surface area contributed by atoms with Crippen LogP contribution < -0.4 is 19.9 Å². The highest BCUT2D eigenvalue weighted by molar-refractivity contribution is 5.99. The average molecular weight is 464 g/mol. The van der Waals surface area contributed by atoms with E-state index in [1.165, 1.54) is 5.56 Å². The molecule has 3 aliphatic rings. The van der Waals surface area contributed by atoms with Crippen molar-refractivity contribution in [1.82, 2.24) is 0 Å². The molecule has 0 aromatic heterocycles. The molecule has 1 saturated carbocycles. The maximum Gasteiger partial charge on any atom is 0.228 e. The van der Waals surface area contributed by atoms with E-state index in [0.717, 1.165) is 73.6 Å². The Balaban J connectivity index is 1.44. The fourth-order valence-corrected chi connectivity index (χ4v) is 5.77. The smallest absolute Gasteiger partial charge is 0.228 e. The second-order valence-electron chi connectivity index (χ2n) is 10.4. The van der Waals surface area contributed by atoms with E-state index < -0.39 is 0 Å². The number of carbonyl (C=O) groups is 1. The molecule has 2 aliphatic heterocycles. The predicted octanol–water partition coefficient (Wildman–Crippen LogP) is 5.57. The van der Waals surface area contributed by atoms with Gasteiger partial charge in [0.25, 0.3) is 0 Å². The van der Waals surface area contributed by atoms with Crippen molar-refractivity contribution < 1.29 is 14.6 Å². The zero-order chi connectivity index (χ0) is 23.8. The molecule has 5 rings (SSSR count). The third-order valence-corrected chi connectivity index (χ3v) is 7.62. The molecule has 2 aromatic carbocycles. The molecule has 0 spiro atoms. The van der Waals surface area contributed by atoms with Crippen molar-refractivity contribution in [1.29, 1.82) is 0 Å². The van der Waals surface area contributed by atoms with Crippen LogP contribution in [0.1, 0.15) is 70.3 Å². The Morgan fingerprint density at radius 3 is 2.59 bits per heavy atom. The number of benzene rings is 2. The second kappa shape index (κ2) is 9.49. The van der Waals surface area contributed by atoms with Crippen molar-refractivity contribution in [3.8, 4) is 5.75 Å². The number of rotatable bonds is 5. The Kier molecular flexibility index (Phi) is 6.43. The monoisotopic (exact) mass is 463 g/mol. The molecule has 1 saturated heterocycles. The van der Waals surface area contributed by atoms with Gasteiger partial charge in [-0.05, 0) is 94.2 Å². The highest BCUT2D eigenvalue weighted by Gasteiger charge is 2.34. The molecule has 182 valence electrons. The van der Waals surface area contributed by atoms with Crippen LogP contribution in [-0.2, 0) is 4.79 Å². The van der Waals surface area contributed by atoms with E-state index in [1.54, 1.807) is 4.90 Å². The summed E-state index contributed by atoms with van der Waals surface area (Å²) in [5, 5.41) is 13.5. The molecule has 2 N–H and O–H groups in total. The van der Waals surface area contributed by atoms with Crippen molar-refractivity contribution in [3.05, 3.63) is 42.0 Å². The molecule has 2 fully saturated rings. The van der Waals surface area contributed by atoms with Crippen molar-refractivity contribution in [3.63, 3.8) is 0 Å². The molecule has 1 aliphatic carbocycles. The van der Waals surface area contributed by atoms with Gasteiger partial charge >= 0.3 is 0 Å². The summed E-state index contributed by atoms with van der Waals surface area (Å²) in [6.07, 6.45) is 6.48. The van der Waals surface area contributed by atoms with Crippen LogP contribution in [0, 0.1) is 0 Å². The number of carbonyl (C=O) groups excluding carboxylic acids is 1. The zero-order valence-electron chi connectivity index (χ0n) is 20.6. The third-order valence-electron chi connectivity index (χ3n) is 7.62. The first-order chi connectivity index (χ1) is 16.4. The Hall–Kier alpha value is -2.73. The van der Waals surface area contributed by atoms with Gasteiger partial charge in [0.05, 0.1) is 29.3 Å². The maximum absolute atomic E-state index is 12.7. The van der Waals surface area contributed by atoms with Crippen LogP contribution >= 0.6 is 0 Å². The minimum absolute atomic E-state index is 0.0704. The van der Waals surface area contributed by atoms with Gasteiger partial charge in [-0.25, -0.2) is 0 Å². The fourth-order valence-electron chi connectivity index (χ4n) is 5.77. The summed E-state index contributed by atoms with van der Waals surface area (Å²) in [6, 6.07) is 13.1. The van der Waals surface area contributed by atoms with Gasteiger partial charge in [0.15, 0.2) is 0 Å². The molecule has 1 atom stereocenters. The lowest BCUT2D eigenvalue weighted by molar-refractivity contribution is -0.118. The summed E-state index contributed by atoms with van der Waals surface area (Å²) in [5.74, 6) is 1.52. The highest BCUT2D eigenvalue weighted by Crippen LogP contribution is 2.42. The van der Waals surface area contributed by atoms with E-state index in [1.807, 2.05) is 7.05 Å². The van der Waals surface area contributed by atoms with Crippen LogP contribution in [0.2, 0.25) is 0 Å². The molecule has 0 radical (unpaired) electrons. The lowest BCUT2D eigenvalue weighted by Crippen LogP contribution is -2.31. The zero-order valence-corrected chi connectivity index (χ0v) is 20.6. The molecular formula is C28H37N3O3. The largest absolute Gasteiger partial charge is 0.489 e. The van der Waals surface area contributed by atoms with Crippen LogP contribution in [-0.4, -0.2) is 42.9 Å². The van der Waals surface area contributed by atoms with E-state index in [-0.39, 0.29) is 18.1 Å². The molecule has 34 heavy (non-hydrogen) atoms. The Bertz CT molecular complexity index is 1050. The van der Waals surface area contributed by atoms with Crippen molar-refractivity contribution in [2.24, 2.45) is 0 Å². The van der Waals surface area contributed by atoms with Gasteiger partial charge in [-0.3, -0.25) is 4.79 Å². The average Bonchev–Trinajstić information content (AvgIpc) is 3.24. The van der Waals surface area contributed by atoms with Crippen molar-refractivity contribution >= 4 is 28.7 Å². The molecule has 6 nitrogen and oxygen atoms in total. The van der Waals surface area contributed by atoms with Gasteiger partial charge in [-0.15, -0.1) is 0 Å². The minimum Gasteiger partial charge on any atom is -0.489 e. The number of amides is 1. The number of nitrogens with zero attached hydrogens (tertiary/aromatic N) is 2. The Labute approximate surface area is 202 Å². The molecule has 1 amide bonds. The Morgan fingerprint density at radius 2 is 1.82 bits per heavy atom. The minimum atomic E-state index is -0.152. The van der Waals surface area contributed by atoms with Gasteiger partial charge < -0.3 is 25.0 Å². The summed E-state index contributed by atoms with van der Waals surface area (Å²) >= 11 is 0. The second-order valence-corrected chi connectivity index (χ2v) is 10.4. The van der Waals surface area contributed by atoms with Gasteiger partial charge in [0.2, 0.25) is 5.91 Å². The SMILES string of the molecule is CC(C)Oc1cc(C2CCC(O)CC2)ccc1Nc1ccc2c(c1)N1CCC[C@H]1CC(=O)N2C. The normalized spacial score (nSPS) is 24.6. The third kappa shape index (κ3) is 4.61. The van der Waals surface area contributed by atoms with Crippen molar-refractivity contribution in [2.75, 3.05) is 28.7 Å². The number of aliphatic hydroxyl groups excluding tert-OH is 1. The quantitative estimate of drug-likeness (QED) is 0.607. The first-order valence-electron chi connectivity index (χ1n) is 12.8. The van der Waals surface area contributed by atoms with E-state index >= 15 is 0 Å². The number of fused-ring (bicyclic) bond motifs is 3. The number of hydrogen-bond acceptors (Lipinski definition) is 5. The van der Waals surface area contributed by atoms with Gasteiger partial charge in [0, 0.05) is 31.7 Å². The standard InChI is InChI=1S/C28H37N3O3/c1-18(2)34-27-15-20(19-6-10-23(32)11-7-19)8-12-24(27)29-21-9-13-25-26(16-21)31-14-4-5-22(31)17-28(33)30(25)3/h8-9,12-13,15-16,18-19,22-23,29,32H,4-7,10-11,14,17H2,1-3H3/t19?,22-,23?/m0/s1. The summed E-state index contributed by atoms with van der Waals surface area (Å²) in [4.78, 5) is 16.9. The topological polar surface area (TPSA) is 65.0 Å². The number of hydrogen-bond donors (Lipinski definition) is 2. The summed E-state index contributed by atoms with van der Waals surface area (Å²) < 4.78 is 6.23. The van der Waals surface area contributed by atoms with Gasteiger partial charge in [-0.1, -0.05) is 6.07 Å². The van der Waals surface area contributed by atoms with Crippen LogP contribution in [0.4, 0.5) is 22.7 Å². The highest BCUT2D eigenvalue weighted by atomic mass is 16.5. The van der Waals surface area contributed by atoms with Crippen LogP contribution in [0.5, 0.6) is 5.75 Å². The van der Waals surface area contributed by atoms with E-state index in [9.17, 15) is 9.90 Å². The van der Waals surface area contributed by atoms with Crippen LogP contribution in [0.15, 0.2) is 36.4 Å². The fraction of sp³-hybridized carbons (Fsp3) is 0.536. The molecule has 0 bridgehead atoms. The van der Waals surface area contributed by atoms with Crippen LogP contribution in [0.25, 0.3) is 0 Å². The number of anilines is 4. The van der Waals surface area contributed by atoms with Crippen LogP contribution in [0.3, 0.4) is 0 Å². The summed E-state index contributed by atoms with van der Waals surface area (Å²) in [5.41, 5.74) is 5.34. The summed E-state index contributed by atoms with van der Waals surface area (Å²) in [6.45, 7) is 5.10. The Morgan fingerprint density at radius 1 is 1.03 bits per heavy atom. The lowest BCUT2D eigenvalue weighted by atomic mass is 9.82.